The number of hydrogen-bond donors (Lipinski definition) is 2. The fraction of sp³-hybridized carbons (Fsp3) is 0.400. The first-order valence-corrected chi connectivity index (χ1v) is 9.36. The van der Waals surface area contributed by atoms with Crippen molar-refractivity contribution in [2.45, 2.75) is 13.2 Å². The Kier molecular flexibility index (Phi) is 7.12. The van der Waals surface area contributed by atoms with Crippen molar-refractivity contribution in [3.05, 3.63) is 64.7 Å². The van der Waals surface area contributed by atoms with E-state index in [1.54, 1.807) is 4.90 Å². The maximum Gasteiger partial charge on any atom is 0.127 e. The van der Waals surface area contributed by atoms with Gasteiger partial charge in [0.05, 0.1) is 13.2 Å². The van der Waals surface area contributed by atoms with Gasteiger partial charge in [-0.05, 0) is 29.8 Å². The van der Waals surface area contributed by atoms with Gasteiger partial charge in [-0.25, -0.2) is 0 Å². The second kappa shape index (κ2) is 9.78. The molecular formula is C20H27ClN2O2+2. The molecule has 1 aliphatic rings. The predicted molar refractivity (Wildman–Crippen MR) is 99.1 cm³/mol. The van der Waals surface area contributed by atoms with Crippen LogP contribution in [0.3, 0.4) is 0 Å². The molecule has 0 bridgehead atoms. The van der Waals surface area contributed by atoms with Gasteiger partial charge in [0.2, 0.25) is 0 Å². The van der Waals surface area contributed by atoms with E-state index in [1.165, 1.54) is 12.1 Å². The lowest BCUT2D eigenvalue weighted by Gasteiger charge is -2.22. The van der Waals surface area contributed by atoms with Gasteiger partial charge in [-0.3, -0.25) is 0 Å². The molecule has 2 aromatic carbocycles. The van der Waals surface area contributed by atoms with Crippen molar-refractivity contribution >= 4 is 11.6 Å². The first-order chi connectivity index (χ1) is 12.3. The van der Waals surface area contributed by atoms with Gasteiger partial charge < -0.3 is 19.7 Å². The van der Waals surface area contributed by atoms with Crippen molar-refractivity contribution in [2.75, 3.05) is 39.4 Å². The molecule has 1 heterocycles. The van der Waals surface area contributed by atoms with E-state index < -0.39 is 0 Å². The summed E-state index contributed by atoms with van der Waals surface area (Å²) in [6.07, 6.45) is 0. The van der Waals surface area contributed by atoms with Crippen LogP contribution < -0.4 is 15.0 Å². The Bertz CT molecular complexity index is 642. The predicted octanol–water partition coefficient (Wildman–Crippen LogP) is 0.898. The minimum Gasteiger partial charge on any atom is -0.489 e. The Morgan fingerprint density at radius 1 is 1.04 bits per heavy atom. The molecule has 0 spiro atoms. The molecule has 25 heavy (non-hydrogen) atoms. The van der Waals surface area contributed by atoms with Gasteiger partial charge >= 0.3 is 0 Å². The molecule has 0 radical (unpaired) electrons. The Hall–Kier alpha value is -1.59. The number of halogens is 1. The van der Waals surface area contributed by atoms with Crippen molar-refractivity contribution in [1.82, 2.24) is 0 Å². The number of quaternary nitrogens is 2. The summed E-state index contributed by atoms with van der Waals surface area (Å²) in [6.45, 7) is 7.99. The molecule has 1 fully saturated rings. The number of morpholine rings is 1. The molecule has 0 atom stereocenters. The fourth-order valence-corrected chi connectivity index (χ4v) is 3.12. The van der Waals surface area contributed by atoms with Gasteiger partial charge in [0.1, 0.15) is 45.1 Å². The highest BCUT2D eigenvalue weighted by Crippen LogP contribution is 2.16. The number of nitrogens with two attached hydrogens (primary N) is 1. The summed E-state index contributed by atoms with van der Waals surface area (Å²) in [6, 6.07) is 16.1. The van der Waals surface area contributed by atoms with Crippen LogP contribution in [-0.2, 0) is 17.9 Å². The third-order valence-corrected chi connectivity index (χ3v) is 4.75. The van der Waals surface area contributed by atoms with E-state index >= 15 is 0 Å². The lowest BCUT2D eigenvalue weighted by Crippen LogP contribution is -3.16. The third-order valence-electron chi connectivity index (χ3n) is 4.50. The van der Waals surface area contributed by atoms with E-state index in [0.717, 1.165) is 55.7 Å². The first kappa shape index (κ1) is 18.2. The van der Waals surface area contributed by atoms with Crippen LogP contribution in [0.25, 0.3) is 0 Å². The summed E-state index contributed by atoms with van der Waals surface area (Å²) in [5.41, 5.74) is 2.42. The van der Waals surface area contributed by atoms with Crippen LogP contribution in [-0.4, -0.2) is 39.4 Å². The van der Waals surface area contributed by atoms with Gasteiger partial charge in [0.25, 0.3) is 0 Å². The van der Waals surface area contributed by atoms with E-state index in [1.807, 2.05) is 30.3 Å². The topological polar surface area (TPSA) is 39.5 Å². The molecule has 0 aliphatic carbocycles. The molecule has 2 aromatic rings. The van der Waals surface area contributed by atoms with Gasteiger partial charge in [0.15, 0.2) is 0 Å². The van der Waals surface area contributed by atoms with Crippen molar-refractivity contribution < 1.29 is 19.7 Å². The van der Waals surface area contributed by atoms with Crippen molar-refractivity contribution in [3.63, 3.8) is 0 Å². The van der Waals surface area contributed by atoms with E-state index in [2.05, 4.69) is 23.5 Å². The fourth-order valence-electron chi connectivity index (χ4n) is 2.99. The van der Waals surface area contributed by atoms with Crippen molar-refractivity contribution in [2.24, 2.45) is 0 Å². The maximum absolute atomic E-state index is 5.91. The lowest BCUT2D eigenvalue weighted by atomic mass is 10.2. The maximum atomic E-state index is 5.91. The largest absolute Gasteiger partial charge is 0.489 e. The minimum absolute atomic E-state index is 0.560. The summed E-state index contributed by atoms with van der Waals surface area (Å²) >= 11 is 5.91. The summed E-state index contributed by atoms with van der Waals surface area (Å²) in [5.74, 6) is 0.916. The zero-order chi connectivity index (χ0) is 17.3. The van der Waals surface area contributed by atoms with E-state index in [0.29, 0.717) is 6.61 Å². The molecule has 0 unspecified atom stereocenters. The SMILES string of the molecule is Clc1ccc(COc2cccc(C[NH2+]CC[NH+]3CCOCC3)c2)cc1. The van der Waals surface area contributed by atoms with Crippen LogP contribution in [0.5, 0.6) is 5.75 Å². The van der Waals surface area contributed by atoms with Crippen molar-refractivity contribution in [3.8, 4) is 5.75 Å². The summed E-state index contributed by atoms with van der Waals surface area (Å²) in [5, 5.41) is 3.13. The number of rotatable bonds is 8. The average Bonchev–Trinajstić information content (AvgIpc) is 2.66. The molecule has 4 nitrogen and oxygen atoms in total. The molecular weight excluding hydrogens is 336 g/mol. The average molecular weight is 363 g/mol. The Balaban J connectivity index is 1.40. The highest BCUT2D eigenvalue weighted by molar-refractivity contribution is 6.30. The summed E-state index contributed by atoms with van der Waals surface area (Å²) < 4.78 is 11.3. The standard InChI is InChI=1S/C20H25ClN2O2/c21-19-6-4-17(5-7-19)16-25-20-3-1-2-18(14-20)15-22-8-9-23-10-12-24-13-11-23/h1-7,14,22H,8-13,15-16H2/p+2. The summed E-state index contributed by atoms with van der Waals surface area (Å²) in [7, 11) is 0. The van der Waals surface area contributed by atoms with Gasteiger partial charge in [-0.2, -0.15) is 0 Å². The number of hydrogen-bond acceptors (Lipinski definition) is 2. The lowest BCUT2D eigenvalue weighted by molar-refractivity contribution is -0.920. The normalized spacial score (nSPS) is 15.2. The zero-order valence-electron chi connectivity index (χ0n) is 14.5. The van der Waals surface area contributed by atoms with E-state index in [4.69, 9.17) is 21.1 Å². The zero-order valence-corrected chi connectivity index (χ0v) is 15.3. The van der Waals surface area contributed by atoms with Gasteiger partial charge in [0, 0.05) is 10.6 Å². The molecule has 3 rings (SSSR count). The summed E-state index contributed by atoms with van der Waals surface area (Å²) in [4.78, 5) is 1.66. The molecule has 3 N–H and O–H groups in total. The second-order valence-corrected chi connectivity index (χ2v) is 6.89. The number of ether oxygens (including phenoxy) is 2. The Morgan fingerprint density at radius 2 is 1.84 bits per heavy atom. The number of nitrogens with one attached hydrogen (secondary N) is 1. The molecule has 134 valence electrons. The molecule has 0 saturated carbocycles. The quantitative estimate of drug-likeness (QED) is 0.685. The van der Waals surface area contributed by atoms with E-state index in [9.17, 15) is 0 Å². The van der Waals surface area contributed by atoms with Crippen molar-refractivity contribution in [1.29, 1.82) is 0 Å². The molecule has 0 amide bonds. The smallest absolute Gasteiger partial charge is 0.127 e. The van der Waals surface area contributed by atoms with Crippen LogP contribution in [0.4, 0.5) is 0 Å². The van der Waals surface area contributed by atoms with Crippen LogP contribution in [0.15, 0.2) is 48.5 Å². The Morgan fingerprint density at radius 3 is 2.64 bits per heavy atom. The second-order valence-electron chi connectivity index (χ2n) is 6.46. The molecule has 5 heteroatoms. The van der Waals surface area contributed by atoms with E-state index in [-0.39, 0.29) is 0 Å². The van der Waals surface area contributed by atoms with Crippen LogP contribution in [0.2, 0.25) is 5.02 Å². The first-order valence-electron chi connectivity index (χ1n) is 8.99. The highest BCUT2D eigenvalue weighted by atomic mass is 35.5. The highest BCUT2D eigenvalue weighted by Gasteiger charge is 2.13. The van der Waals surface area contributed by atoms with Crippen LogP contribution >= 0.6 is 11.6 Å². The third kappa shape index (κ3) is 6.33. The monoisotopic (exact) mass is 362 g/mol. The Labute approximate surface area is 154 Å². The van der Waals surface area contributed by atoms with Gasteiger partial charge in [-0.15, -0.1) is 0 Å². The number of benzene rings is 2. The van der Waals surface area contributed by atoms with Gasteiger partial charge in [-0.1, -0.05) is 35.9 Å². The molecule has 1 saturated heterocycles. The van der Waals surface area contributed by atoms with Crippen LogP contribution in [0, 0.1) is 0 Å². The minimum atomic E-state index is 0.560. The molecule has 1 aliphatic heterocycles. The molecule has 0 aromatic heterocycles. The van der Waals surface area contributed by atoms with Crippen LogP contribution in [0.1, 0.15) is 11.1 Å².